The van der Waals surface area contributed by atoms with Crippen LogP contribution < -0.4 is 0 Å². The van der Waals surface area contributed by atoms with Crippen molar-refractivity contribution >= 4 is 0 Å². The van der Waals surface area contributed by atoms with Gasteiger partial charge in [-0.1, -0.05) is 36.8 Å². The second kappa shape index (κ2) is 8.62. The third-order valence-corrected chi connectivity index (χ3v) is 11.0. The molecule has 3 saturated carbocycles. The maximum atomic E-state index is 12.1. The second-order valence-corrected chi connectivity index (χ2v) is 12.2. The normalized spacial score (nSPS) is 40.8. The number of allylic oxidation sites excluding steroid dienone is 1. The third-order valence-electron chi connectivity index (χ3n) is 11.0. The molecule has 1 aliphatic heterocycles. The molecule has 5 aliphatic rings. The van der Waals surface area contributed by atoms with Crippen LogP contribution in [0, 0.1) is 17.3 Å². The summed E-state index contributed by atoms with van der Waals surface area (Å²) in [5.74, 6) is 0.675. The summed E-state index contributed by atoms with van der Waals surface area (Å²) in [7, 11) is 6.74. The fourth-order valence-corrected chi connectivity index (χ4v) is 8.89. The maximum absolute atomic E-state index is 12.1. The second-order valence-electron chi connectivity index (χ2n) is 12.2. The summed E-state index contributed by atoms with van der Waals surface area (Å²) >= 11 is 0. The molecule has 1 heterocycles. The quantitative estimate of drug-likeness (QED) is 0.328. The Morgan fingerprint density at radius 2 is 1.67 bits per heavy atom. The largest absolute Gasteiger partial charge is 0.385 e. The summed E-state index contributed by atoms with van der Waals surface area (Å²) in [5.41, 5.74) is 4.47. The van der Waals surface area contributed by atoms with Crippen LogP contribution >= 0.6 is 0 Å². The summed E-state index contributed by atoms with van der Waals surface area (Å²) in [6.45, 7) is 3.40. The summed E-state index contributed by atoms with van der Waals surface area (Å²) in [6, 6.07) is 8.77. The van der Waals surface area contributed by atoms with E-state index < -0.39 is 11.4 Å². The first-order valence-electron chi connectivity index (χ1n) is 13.6. The van der Waals surface area contributed by atoms with Crippen molar-refractivity contribution in [1.29, 1.82) is 0 Å². The number of hydrogen-bond acceptors (Lipinski definition) is 6. The average molecular weight is 499 g/mol. The lowest BCUT2D eigenvalue weighted by atomic mass is 9.50. The van der Waals surface area contributed by atoms with Crippen LogP contribution in [0.3, 0.4) is 0 Å². The number of rotatable bonds is 6. The van der Waals surface area contributed by atoms with Crippen LogP contribution in [-0.2, 0) is 23.7 Å². The minimum atomic E-state index is -0.869. The highest BCUT2D eigenvalue weighted by Crippen LogP contribution is 2.71. The fourth-order valence-electron chi connectivity index (χ4n) is 8.89. The maximum Gasteiger partial charge on any atom is 0.183 e. The zero-order chi connectivity index (χ0) is 25.3. The summed E-state index contributed by atoms with van der Waals surface area (Å²) < 4.78 is 28.8. The Labute approximate surface area is 215 Å². The van der Waals surface area contributed by atoms with Crippen molar-refractivity contribution < 1.29 is 28.8 Å². The van der Waals surface area contributed by atoms with Gasteiger partial charge in [-0.3, -0.25) is 0 Å². The molecule has 1 spiro atoms. The van der Waals surface area contributed by atoms with E-state index in [1.54, 1.807) is 28.4 Å². The van der Waals surface area contributed by atoms with E-state index in [0.29, 0.717) is 18.3 Å². The highest BCUT2D eigenvalue weighted by atomic mass is 16.7. The molecule has 0 amide bonds. The lowest BCUT2D eigenvalue weighted by Gasteiger charge is -2.56. The summed E-state index contributed by atoms with van der Waals surface area (Å²) in [4.78, 5) is 0. The van der Waals surface area contributed by atoms with Crippen molar-refractivity contribution in [2.45, 2.75) is 87.5 Å². The zero-order valence-electron chi connectivity index (χ0n) is 22.5. The highest BCUT2D eigenvalue weighted by molar-refractivity contribution is 5.45. The summed E-state index contributed by atoms with van der Waals surface area (Å²) in [5, 5.41) is 12.1. The Bertz CT molecular complexity index is 1020. The molecule has 6 nitrogen and oxygen atoms in total. The van der Waals surface area contributed by atoms with Crippen molar-refractivity contribution in [3.8, 4) is 0 Å². The molecule has 6 atom stereocenters. The Kier molecular flexibility index (Phi) is 5.99. The van der Waals surface area contributed by atoms with Gasteiger partial charge >= 0.3 is 0 Å². The van der Waals surface area contributed by atoms with Gasteiger partial charge in [0, 0.05) is 58.2 Å². The van der Waals surface area contributed by atoms with Gasteiger partial charge in [0.05, 0.1) is 17.8 Å². The molecule has 0 unspecified atom stereocenters. The van der Waals surface area contributed by atoms with Crippen LogP contribution in [0.15, 0.2) is 35.4 Å². The molecule has 6 rings (SSSR count). The highest BCUT2D eigenvalue weighted by Gasteiger charge is 2.70. The zero-order valence-corrected chi connectivity index (χ0v) is 22.5. The van der Waals surface area contributed by atoms with Gasteiger partial charge in [0.2, 0.25) is 0 Å². The van der Waals surface area contributed by atoms with E-state index in [0.717, 1.165) is 44.3 Å². The van der Waals surface area contributed by atoms with Gasteiger partial charge in [0.25, 0.3) is 0 Å². The van der Waals surface area contributed by atoms with Gasteiger partial charge < -0.3 is 28.8 Å². The van der Waals surface area contributed by atoms with E-state index in [1.165, 1.54) is 29.6 Å². The van der Waals surface area contributed by atoms with Gasteiger partial charge in [-0.2, -0.15) is 0 Å². The number of methoxy groups -OCH3 is 4. The fraction of sp³-hybridized carbons (Fsp3) is 0.733. The monoisotopic (exact) mass is 498 g/mol. The molecule has 0 aromatic heterocycles. The number of hydrogen-bond donors (Lipinski definition) is 1. The molecule has 1 aromatic carbocycles. The predicted octanol–water partition coefficient (Wildman–Crippen LogP) is 5.26. The van der Waals surface area contributed by atoms with Crippen molar-refractivity contribution in [2.75, 3.05) is 35.0 Å². The molecule has 4 aliphatic carbocycles. The van der Waals surface area contributed by atoms with E-state index in [1.807, 2.05) is 0 Å². The number of benzene rings is 1. The predicted molar refractivity (Wildman–Crippen MR) is 135 cm³/mol. The lowest BCUT2D eigenvalue weighted by molar-refractivity contribution is -0.246. The van der Waals surface area contributed by atoms with Crippen LogP contribution in [0.5, 0.6) is 0 Å². The molecule has 4 fully saturated rings. The Balaban J connectivity index is 1.45. The molecule has 0 radical (unpaired) electrons. The van der Waals surface area contributed by atoms with Gasteiger partial charge in [-0.15, -0.1) is 0 Å². The van der Waals surface area contributed by atoms with Crippen LogP contribution in [0.1, 0.15) is 81.6 Å². The Morgan fingerprint density at radius 1 is 0.972 bits per heavy atom. The van der Waals surface area contributed by atoms with E-state index >= 15 is 0 Å². The van der Waals surface area contributed by atoms with Crippen LogP contribution in [0.4, 0.5) is 0 Å². The molecule has 0 bridgehead atoms. The third kappa shape index (κ3) is 3.45. The van der Waals surface area contributed by atoms with Gasteiger partial charge in [-0.25, -0.2) is 0 Å². The van der Waals surface area contributed by atoms with Crippen LogP contribution in [0.2, 0.25) is 0 Å². The van der Waals surface area contributed by atoms with E-state index in [-0.39, 0.29) is 23.2 Å². The van der Waals surface area contributed by atoms with Gasteiger partial charge in [-0.05, 0) is 61.5 Å². The standard InChI is InChI=1S/C30H42O6/c1-27-16-22(19-6-8-20(9-7-19)26(32-2)33-3)25-21(23(27)11-14-29(27)18-36-29)10-13-28(31)17-30(34-4,35-5)15-12-24(25)28/h6-9,21-23,26,31H,10-18H2,1-5H3/t21-,22+,23-,27-,28+,29+/m0/s1. The molecule has 198 valence electrons. The Hall–Kier alpha value is -1.28. The van der Waals surface area contributed by atoms with Crippen LogP contribution in [-0.4, -0.2) is 57.1 Å². The molecular formula is C30H42O6. The van der Waals surface area contributed by atoms with Crippen molar-refractivity contribution in [1.82, 2.24) is 0 Å². The van der Waals surface area contributed by atoms with Crippen LogP contribution in [0.25, 0.3) is 0 Å². The first-order valence-corrected chi connectivity index (χ1v) is 13.6. The number of epoxide rings is 1. The van der Waals surface area contributed by atoms with Crippen molar-refractivity contribution in [2.24, 2.45) is 17.3 Å². The lowest BCUT2D eigenvalue weighted by Crippen LogP contribution is -2.54. The Morgan fingerprint density at radius 3 is 2.28 bits per heavy atom. The average Bonchev–Trinajstić information content (AvgIpc) is 3.64. The summed E-state index contributed by atoms with van der Waals surface area (Å²) in [6.07, 6.45) is 6.99. The number of aliphatic hydroxyl groups is 1. The van der Waals surface area contributed by atoms with Gasteiger partial charge in [0.15, 0.2) is 12.1 Å². The minimum absolute atomic E-state index is 0.0603. The minimum Gasteiger partial charge on any atom is -0.385 e. The van der Waals surface area contributed by atoms with Crippen molar-refractivity contribution in [3.05, 3.63) is 46.5 Å². The molecular weight excluding hydrogens is 456 g/mol. The van der Waals surface area contributed by atoms with E-state index in [2.05, 4.69) is 31.2 Å². The molecule has 6 heteroatoms. The first kappa shape index (κ1) is 25.0. The molecule has 1 saturated heterocycles. The number of fused-ring (bicyclic) bond motifs is 5. The number of ether oxygens (including phenoxy) is 5. The topological polar surface area (TPSA) is 69.7 Å². The van der Waals surface area contributed by atoms with E-state index in [9.17, 15) is 5.11 Å². The smallest absolute Gasteiger partial charge is 0.183 e. The first-order chi connectivity index (χ1) is 17.3. The van der Waals surface area contributed by atoms with Crippen molar-refractivity contribution in [3.63, 3.8) is 0 Å². The van der Waals surface area contributed by atoms with Gasteiger partial charge in [0.1, 0.15) is 0 Å². The SMILES string of the molecule is COC(OC)c1ccc([C@H]2C[C@@]3(C)[C@@H](CC[C@@]34CO4)[C@@H]3CC[C@@]4(O)CC(OC)(OC)CCC4=C32)cc1. The van der Waals surface area contributed by atoms with E-state index in [4.69, 9.17) is 23.7 Å². The molecule has 1 N–H and O–H groups in total. The molecule has 36 heavy (non-hydrogen) atoms. The molecule has 1 aromatic rings.